The van der Waals surface area contributed by atoms with Gasteiger partial charge < -0.3 is 4.90 Å². The first-order chi connectivity index (χ1) is 18.9. The van der Waals surface area contributed by atoms with Gasteiger partial charge in [-0.25, -0.2) is 4.58 Å². The number of rotatable bonds is 11. The van der Waals surface area contributed by atoms with Crippen molar-refractivity contribution < 1.29 is 13.9 Å². The molecular weight excluding hydrogens is 539 g/mol. The fourth-order valence-electron chi connectivity index (χ4n) is 5.00. The van der Waals surface area contributed by atoms with Crippen LogP contribution in [0, 0.1) is 0 Å². The Bertz CT molecular complexity index is 1560. The van der Waals surface area contributed by atoms with E-state index in [0.717, 1.165) is 82.7 Å². The van der Waals surface area contributed by atoms with E-state index in [1.165, 1.54) is 20.5 Å². The Balaban J connectivity index is 1.57. The fraction of sp³-hybridized carbons (Fsp3) is 0.344. The van der Waals surface area contributed by atoms with Crippen molar-refractivity contribution in [2.24, 2.45) is 0 Å². The van der Waals surface area contributed by atoms with E-state index in [1.54, 1.807) is 34.9 Å². The van der Waals surface area contributed by atoms with Gasteiger partial charge in [0.2, 0.25) is 5.35 Å². The highest BCUT2D eigenvalue weighted by Gasteiger charge is 2.36. The van der Waals surface area contributed by atoms with Crippen molar-refractivity contribution in [3.63, 3.8) is 0 Å². The molecular formula is C32H37N3OS3+2. The van der Waals surface area contributed by atoms with E-state index in [9.17, 15) is 4.79 Å². The van der Waals surface area contributed by atoms with Crippen LogP contribution >= 0.6 is 34.9 Å². The molecule has 7 heteroatoms. The van der Waals surface area contributed by atoms with Crippen LogP contribution in [0.1, 0.15) is 51.0 Å². The van der Waals surface area contributed by atoms with Gasteiger partial charge in [-0.2, -0.15) is 4.57 Å². The van der Waals surface area contributed by atoms with Crippen LogP contribution in [0.5, 0.6) is 0 Å². The maximum atomic E-state index is 13.8. The number of thiazole rings is 1. The molecule has 39 heavy (non-hydrogen) atoms. The third-order valence-corrected chi connectivity index (χ3v) is 10.3. The molecule has 0 spiro atoms. The molecule has 2 aliphatic carbocycles. The Morgan fingerprint density at radius 3 is 2.74 bits per heavy atom. The van der Waals surface area contributed by atoms with Crippen LogP contribution < -0.4 is 19.3 Å². The summed E-state index contributed by atoms with van der Waals surface area (Å²) in [6.07, 6.45) is 14.0. The van der Waals surface area contributed by atoms with Gasteiger partial charge in [-0.15, -0.1) is 0 Å². The second-order valence-corrected chi connectivity index (χ2v) is 13.4. The molecule has 2 aromatic rings. The second-order valence-electron chi connectivity index (χ2n) is 10.1. The predicted octanol–water partition coefficient (Wildman–Crippen LogP) is 5.86. The number of fused-ring (bicyclic) bond motifs is 2. The maximum absolute atomic E-state index is 13.8. The summed E-state index contributed by atoms with van der Waals surface area (Å²) >= 11 is 5.21. The van der Waals surface area contributed by atoms with E-state index in [1.807, 2.05) is 11.6 Å². The van der Waals surface area contributed by atoms with Gasteiger partial charge in [0.15, 0.2) is 5.78 Å². The van der Waals surface area contributed by atoms with E-state index in [4.69, 9.17) is 0 Å². The normalized spacial score (nSPS) is 18.1. The first-order valence-corrected chi connectivity index (χ1v) is 16.2. The first-order valence-electron chi connectivity index (χ1n) is 13.8. The van der Waals surface area contributed by atoms with Crippen molar-refractivity contribution in [3.05, 3.63) is 77.8 Å². The van der Waals surface area contributed by atoms with E-state index in [-0.39, 0.29) is 5.78 Å². The van der Waals surface area contributed by atoms with Gasteiger partial charge in [-0.1, -0.05) is 73.5 Å². The molecule has 0 N–H and O–H groups in total. The van der Waals surface area contributed by atoms with Crippen LogP contribution in [0.25, 0.3) is 18.2 Å². The topological polar surface area (TPSA) is 27.2 Å². The molecule has 1 aliphatic heterocycles. The number of thioether (sulfide) groups is 2. The lowest BCUT2D eigenvalue weighted by Crippen LogP contribution is -2.54. The number of benzene rings is 1. The molecule has 3 aliphatic rings. The number of aromatic nitrogens is 1. The number of allylic oxidation sites excluding steroid dienone is 3. The molecule has 0 amide bonds. The average molecular weight is 576 g/mol. The number of Topliss-reactive ketones (excluding diaryl/α,β-unsaturated/α-hetero) is 1. The summed E-state index contributed by atoms with van der Waals surface area (Å²) in [5, 5.41) is 3.59. The van der Waals surface area contributed by atoms with E-state index in [2.05, 4.69) is 85.2 Å². The molecule has 0 fully saturated rings. The minimum atomic E-state index is 0.127. The monoisotopic (exact) mass is 575 g/mol. The molecule has 0 atom stereocenters. The quantitative estimate of drug-likeness (QED) is 0.190. The summed E-state index contributed by atoms with van der Waals surface area (Å²) in [6.45, 7) is 15.4. The summed E-state index contributed by atoms with van der Waals surface area (Å²) in [4.78, 5) is 19.5. The highest BCUT2D eigenvalue weighted by Crippen LogP contribution is 2.49. The summed E-state index contributed by atoms with van der Waals surface area (Å²) in [5.74, 6) is 0.127. The minimum absolute atomic E-state index is 0.127. The van der Waals surface area contributed by atoms with Crippen LogP contribution in [0.4, 0.5) is 5.69 Å². The lowest BCUT2D eigenvalue weighted by molar-refractivity contribution is -0.706. The summed E-state index contributed by atoms with van der Waals surface area (Å²) in [6, 6.07) is 8.51. The molecule has 1 aromatic carbocycles. The molecule has 1 aromatic heterocycles. The first kappa shape index (κ1) is 27.9. The zero-order valence-electron chi connectivity index (χ0n) is 23.2. The Hall–Kier alpha value is -2.61. The molecule has 202 valence electrons. The Kier molecular flexibility index (Phi) is 8.79. The number of carbonyl (C=O) groups is 1. The molecule has 0 unspecified atom stereocenters. The van der Waals surface area contributed by atoms with Crippen LogP contribution in [-0.4, -0.2) is 37.2 Å². The van der Waals surface area contributed by atoms with Crippen LogP contribution in [0.15, 0.2) is 67.8 Å². The second kappa shape index (κ2) is 12.3. The van der Waals surface area contributed by atoms with Crippen molar-refractivity contribution in [2.75, 3.05) is 25.0 Å². The standard InChI is InChI=1S/C32H37N3OS3/c1-6-17-34-25-12-8-10-14-27(25)38-29(34)20-23-31(36)24(32(23)37-22(3)16-19-33(4)5)21-30-35(18-7-2)26-13-9-11-15-28(26)39-30/h8,10,12-15,20-21H,3-4,6-7,9,11,16-19H2,1-2,5H3/q+2. The van der Waals surface area contributed by atoms with Crippen LogP contribution in [-0.2, 0) is 11.3 Å². The lowest BCUT2D eigenvalue weighted by Gasteiger charge is -2.26. The molecule has 0 bridgehead atoms. The van der Waals surface area contributed by atoms with Crippen molar-refractivity contribution >= 4 is 71.3 Å². The van der Waals surface area contributed by atoms with Gasteiger partial charge in [0.25, 0.3) is 5.01 Å². The fourth-order valence-corrected chi connectivity index (χ4v) is 8.34. The highest BCUT2D eigenvalue weighted by molar-refractivity contribution is 8.07. The van der Waals surface area contributed by atoms with Crippen molar-refractivity contribution in [3.8, 4) is 0 Å². The maximum Gasteiger partial charge on any atom is 0.263 e. The molecule has 0 radical (unpaired) electrons. The molecule has 5 rings (SSSR count). The molecule has 2 heterocycles. The molecule has 4 nitrogen and oxygen atoms in total. The SMILES string of the molecule is C=C(CC[N+](=C)C)SC1=C(/C=C2/Sc3ccccc3N2CCC)C(=O)/C1=C/c1sc2c([n+]1CCC)=CCCC=2. The van der Waals surface area contributed by atoms with Crippen LogP contribution in [0.2, 0.25) is 0 Å². The van der Waals surface area contributed by atoms with Gasteiger partial charge in [-0.3, -0.25) is 4.79 Å². The number of ketones is 1. The number of para-hydroxylation sites is 1. The van der Waals surface area contributed by atoms with E-state index >= 15 is 0 Å². The van der Waals surface area contributed by atoms with Gasteiger partial charge in [0.1, 0.15) is 31.4 Å². The van der Waals surface area contributed by atoms with Crippen molar-refractivity contribution in [2.45, 2.75) is 57.4 Å². The number of carbonyl (C=O) groups excluding carboxylic acids is 1. The third-order valence-electron chi connectivity index (χ3n) is 6.92. The molecule has 0 saturated carbocycles. The minimum Gasteiger partial charge on any atom is -0.335 e. The summed E-state index contributed by atoms with van der Waals surface area (Å²) < 4.78 is 5.65. The van der Waals surface area contributed by atoms with Gasteiger partial charge in [0, 0.05) is 46.4 Å². The average Bonchev–Trinajstić information content (AvgIpc) is 3.46. The number of hydrogen-bond acceptors (Lipinski definition) is 5. The zero-order chi connectivity index (χ0) is 27.5. The predicted molar refractivity (Wildman–Crippen MR) is 170 cm³/mol. The number of hydrogen-bond donors (Lipinski definition) is 0. The van der Waals surface area contributed by atoms with Gasteiger partial charge >= 0.3 is 0 Å². The smallest absolute Gasteiger partial charge is 0.263 e. The van der Waals surface area contributed by atoms with E-state index < -0.39 is 0 Å². The summed E-state index contributed by atoms with van der Waals surface area (Å²) in [7, 11) is 1.97. The highest BCUT2D eigenvalue weighted by atomic mass is 32.2. The Labute approximate surface area is 244 Å². The zero-order valence-corrected chi connectivity index (χ0v) is 25.6. The van der Waals surface area contributed by atoms with Crippen LogP contribution in [0.3, 0.4) is 0 Å². The summed E-state index contributed by atoms with van der Waals surface area (Å²) in [5.41, 5.74) is 2.84. The molecule has 0 saturated heterocycles. The lowest BCUT2D eigenvalue weighted by atomic mass is 9.89. The van der Waals surface area contributed by atoms with Crippen molar-refractivity contribution in [1.29, 1.82) is 0 Å². The Morgan fingerprint density at radius 1 is 1.18 bits per heavy atom. The van der Waals surface area contributed by atoms with Crippen molar-refractivity contribution in [1.82, 2.24) is 0 Å². The number of anilines is 1. The van der Waals surface area contributed by atoms with Gasteiger partial charge in [-0.05, 0) is 48.5 Å². The van der Waals surface area contributed by atoms with Gasteiger partial charge in [0.05, 0.1) is 10.7 Å². The largest absolute Gasteiger partial charge is 0.335 e. The third kappa shape index (κ3) is 5.81. The van der Waals surface area contributed by atoms with E-state index in [0.29, 0.717) is 0 Å². The number of nitrogens with zero attached hydrogens (tertiary/aromatic N) is 3. The Morgan fingerprint density at radius 2 is 1.97 bits per heavy atom.